The van der Waals surface area contributed by atoms with Gasteiger partial charge in [0.25, 0.3) is 0 Å². The lowest BCUT2D eigenvalue weighted by Crippen LogP contribution is -2.29. The molecular weight excluding hydrogens is 286 g/mol. The lowest BCUT2D eigenvalue weighted by molar-refractivity contribution is -0.128. The maximum atomic E-state index is 11.9. The highest BCUT2D eigenvalue weighted by Crippen LogP contribution is 2.22. The first-order valence-corrected chi connectivity index (χ1v) is 8.16. The summed E-state index contributed by atoms with van der Waals surface area (Å²) in [4.78, 5) is 24.7. The number of hydrogen-bond acceptors (Lipinski definition) is 4. The molecule has 21 heavy (non-hydrogen) atoms. The first-order valence-electron chi connectivity index (χ1n) is 7.18. The summed E-state index contributed by atoms with van der Waals surface area (Å²) in [7, 11) is 0. The van der Waals surface area contributed by atoms with Crippen LogP contribution in [0.2, 0.25) is 0 Å². The third-order valence-electron chi connectivity index (χ3n) is 3.43. The van der Waals surface area contributed by atoms with Crippen LogP contribution in [0, 0.1) is 5.92 Å². The lowest BCUT2D eigenvalue weighted by Gasteiger charge is -2.16. The van der Waals surface area contributed by atoms with Crippen LogP contribution >= 0.6 is 11.8 Å². The van der Waals surface area contributed by atoms with E-state index in [4.69, 9.17) is 4.74 Å². The summed E-state index contributed by atoms with van der Waals surface area (Å²) in [6.07, 6.45) is 0.555. The fourth-order valence-electron chi connectivity index (χ4n) is 2.36. The molecule has 1 aromatic rings. The third kappa shape index (κ3) is 5.52. The number of carbonyl (C=O) groups excluding carboxylic acids is 2. The Morgan fingerprint density at radius 1 is 1.38 bits per heavy atom. The van der Waals surface area contributed by atoms with Crippen molar-refractivity contribution in [3.63, 3.8) is 0 Å². The molecule has 0 spiro atoms. The SMILES string of the molecule is CC(=O)SCC1CC(=O)N(CCOCc2ccccc2)C1. The van der Waals surface area contributed by atoms with Crippen molar-refractivity contribution in [1.82, 2.24) is 4.90 Å². The van der Waals surface area contributed by atoms with Crippen molar-refractivity contribution in [2.24, 2.45) is 5.92 Å². The number of carbonyl (C=O) groups is 2. The minimum Gasteiger partial charge on any atom is -0.375 e. The highest BCUT2D eigenvalue weighted by Gasteiger charge is 2.29. The molecule has 4 nitrogen and oxygen atoms in total. The molecule has 0 saturated carbocycles. The first-order chi connectivity index (χ1) is 10.1. The summed E-state index contributed by atoms with van der Waals surface area (Å²) in [6.45, 7) is 4.07. The number of nitrogens with zero attached hydrogens (tertiary/aromatic N) is 1. The van der Waals surface area contributed by atoms with Gasteiger partial charge in [0.15, 0.2) is 5.12 Å². The minimum absolute atomic E-state index is 0.118. The third-order valence-corrected chi connectivity index (χ3v) is 4.48. The lowest BCUT2D eigenvalue weighted by atomic mass is 10.1. The van der Waals surface area contributed by atoms with Gasteiger partial charge in [-0.05, 0) is 11.5 Å². The van der Waals surface area contributed by atoms with Gasteiger partial charge < -0.3 is 9.64 Å². The monoisotopic (exact) mass is 307 g/mol. The molecule has 1 saturated heterocycles. The van der Waals surface area contributed by atoms with E-state index in [-0.39, 0.29) is 11.0 Å². The molecule has 1 atom stereocenters. The molecule has 1 heterocycles. The summed E-state index contributed by atoms with van der Waals surface area (Å²) < 4.78 is 5.61. The predicted octanol–water partition coefficient (Wildman–Crippen LogP) is 2.33. The van der Waals surface area contributed by atoms with E-state index >= 15 is 0 Å². The topological polar surface area (TPSA) is 46.6 Å². The molecule has 5 heteroatoms. The van der Waals surface area contributed by atoms with E-state index in [1.807, 2.05) is 35.2 Å². The zero-order chi connectivity index (χ0) is 15.1. The van der Waals surface area contributed by atoms with Crippen LogP contribution in [0.1, 0.15) is 18.9 Å². The zero-order valence-corrected chi connectivity index (χ0v) is 13.1. The van der Waals surface area contributed by atoms with Gasteiger partial charge in [0, 0.05) is 32.2 Å². The number of hydrogen-bond donors (Lipinski definition) is 0. The van der Waals surface area contributed by atoms with Crippen molar-refractivity contribution in [2.75, 3.05) is 25.4 Å². The van der Waals surface area contributed by atoms with Crippen molar-refractivity contribution < 1.29 is 14.3 Å². The molecule has 1 amide bonds. The Bertz CT molecular complexity index is 478. The average molecular weight is 307 g/mol. The number of likely N-dealkylation sites (tertiary alicyclic amines) is 1. The predicted molar refractivity (Wildman–Crippen MR) is 83.9 cm³/mol. The van der Waals surface area contributed by atoms with E-state index in [9.17, 15) is 9.59 Å². The Morgan fingerprint density at radius 2 is 2.14 bits per heavy atom. The van der Waals surface area contributed by atoms with E-state index in [0.717, 1.165) is 17.9 Å². The fraction of sp³-hybridized carbons (Fsp3) is 0.500. The summed E-state index contributed by atoms with van der Waals surface area (Å²) in [5, 5.41) is 0.118. The number of thioether (sulfide) groups is 1. The second kappa shape index (κ2) is 8.20. The molecule has 2 rings (SSSR count). The maximum absolute atomic E-state index is 11.9. The minimum atomic E-state index is 0.118. The number of benzene rings is 1. The van der Waals surface area contributed by atoms with Gasteiger partial charge >= 0.3 is 0 Å². The summed E-state index contributed by atoms with van der Waals surface area (Å²) in [5.74, 6) is 1.20. The molecule has 114 valence electrons. The Kier molecular flexibility index (Phi) is 6.26. The van der Waals surface area contributed by atoms with Crippen molar-refractivity contribution in [3.05, 3.63) is 35.9 Å². The van der Waals surface area contributed by atoms with Crippen LogP contribution in [0.5, 0.6) is 0 Å². The molecule has 0 aromatic heterocycles. The van der Waals surface area contributed by atoms with Crippen LogP contribution in [0.25, 0.3) is 0 Å². The highest BCUT2D eigenvalue weighted by atomic mass is 32.2. The first kappa shape index (κ1) is 16.0. The second-order valence-electron chi connectivity index (χ2n) is 5.25. The summed E-state index contributed by atoms with van der Waals surface area (Å²) in [6, 6.07) is 10.00. The average Bonchev–Trinajstić information content (AvgIpc) is 2.83. The molecule has 1 fully saturated rings. The normalized spacial score (nSPS) is 18.2. The van der Waals surface area contributed by atoms with E-state index in [2.05, 4.69) is 0 Å². The van der Waals surface area contributed by atoms with Crippen molar-refractivity contribution in [2.45, 2.75) is 20.0 Å². The van der Waals surface area contributed by atoms with Crippen LogP contribution in [0.15, 0.2) is 30.3 Å². The van der Waals surface area contributed by atoms with E-state index in [0.29, 0.717) is 32.1 Å². The fourth-order valence-corrected chi connectivity index (χ4v) is 3.05. The summed E-state index contributed by atoms with van der Waals surface area (Å²) in [5.41, 5.74) is 1.14. The van der Waals surface area contributed by atoms with Gasteiger partial charge in [-0.1, -0.05) is 42.1 Å². The van der Waals surface area contributed by atoms with Gasteiger partial charge in [-0.3, -0.25) is 9.59 Å². The van der Waals surface area contributed by atoms with Crippen LogP contribution in [0.4, 0.5) is 0 Å². The molecule has 0 N–H and O–H groups in total. The van der Waals surface area contributed by atoms with Crippen molar-refractivity contribution >= 4 is 22.8 Å². The van der Waals surface area contributed by atoms with E-state index in [1.54, 1.807) is 6.92 Å². The second-order valence-corrected chi connectivity index (χ2v) is 6.45. The number of ether oxygens (including phenoxy) is 1. The quantitative estimate of drug-likeness (QED) is 0.725. The Hall–Kier alpha value is -1.33. The molecular formula is C16H21NO3S. The molecule has 0 bridgehead atoms. The number of rotatable bonds is 7. The Balaban J connectivity index is 1.64. The van der Waals surface area contributed by atoms with Gasteiger partial charge in [0.1, 0.15) is 0 Å². The van der Waals surface area contributed by atoms with Gasteiger partial charge in [0.2, 0.25) is 5.91 Å². The molecule has 1 aliphatic heterocycles. The van der Waals surface area contributed by atoms with Gasteiger partial charge in [0.05, 0.1) is 13.2 Å². The van der Waals surface area contributed by atoms with Crippen LogP contribution in [0.3, 0.4) is 0 Å². The molecule has 1 aliphatic rings. The van der Waals surface area contributed by atoms with Gasteiger partial charge in [-0.15, -0.1) is 0 Å². The standard InChI is InChI=1S/C16H21NO3S/c1-13(18)21-12-15-9-16(19)17(10-15)7-8-20-11-14-5-3-2-4-6-14/h2-6,15H,7-12H2,1H3. The van der Waals surface area contributed by atoms with Gasteiger partial charge in [-0.2, -0.15) is 0 Å². The van der Waals surface area contributed by atoms with E-state index in [1.165, 1.54) is 11.8 Å². The Labute approximate surface area is 129 Å². The largest absolute Gasteiger partial charge is 0.375 e. The number of amides is 1. The van der Waals surface area contributed by atoms with E-state index < -0.39 is 0 Å². The molecule has 1 unspecified atom stereocenters. The van der Waals surface area contributed by atoms with Crippen LogP contribution < -0.4 is 0 Å². The molecule has 0 aliphatic carbocycles. The van der Waals surface area contributed by atoms with Crippen molar-refractivity contribution in [1.29, 1.82) is 0 Å². The van der Waals surface area contributed by atoms with Crippen LogP contribution in [-0.2, 0) is 20.9 Å². The Morgan fingerprint density at radius 3 is 2.86 bits per heavy atom. The highest BCUT2D eigenvalue weighted by molar-refractivity contribution is 8.13. The zero-order valence-electron chi connectivity index (χ0n) is 12.3. The van der Waals surface area contributed by atoms with Gasteiger partial charge in [-0.25, -0.2) is 0 Å². The van der Waals surface area contributed by atoms with Crippen LogP contribution in [-0.4, -0.2) is 41.4 Å². The molecule has 0 radical (unpaired) electrons. The van der Waals surface area contributed by atoms with Crippen molar-refractivity contribution in [3.8, 4) is 0 Å². The maximum Gasteiger partial charge on any atom is 0.223 e. The summed E-state index contributed by atoms with van der Waals surface area (Å²) >= 11 is 1.31. The molecule has 1 aromatic carbocycles. The smallest absolute Gasteiger partial charge is 0.223 e.